The van der Waals surface area contributed by atoms with Gasteiger partial charge in [0.05, 0.1) is 7.11 Å². The Morgan fingerprint density at radius 2 is 1.54 bits per heavy atom. The van der Waals surface area contributed by atoms with E-state index in [-0.39, 0.29) is 5.91 Å². The van der Waals surface area contributed by atoms with E-state index in [0.717, 1.165) is 44.7 Å². The van der Waals surface area contributed by atoms with Crippen molar-refractivity contribution in [2.75, 3.05) is 24.0 Å². The van der Waals surface area contributed by atoms with Crippen molar-refractivity contribution >= 4 is 45.3 Å². The summed E-state index contributed by atoms with van der Waals surface area (Å²) in [5, 5.41) is 2.93. The number of para-hydroxylation sites is 1. The Balaban J connectivity index is 1.70. The highest BCUT2D eigenvalue weighted by Gasteiger charge is 2.24. The summed E-state index contributed by atoms with van der Waals surface area (Å²) in [6.07, 6.45) is 2.47. The molecule has 41 heavy (non-hydrogen) atoms. The van der Waals surface area contributed by atoms with E-state index < -0.39 is 12.0 Å². The molecule has 0 saturated heterocycles. The Labute approximate surface area is 255 Å². The first-order valence-electron chi connectivity index (χ1n) is 13.5. The van der Waals surface area contributed by atoms with E-state index in [4.69, 9.17) is 4.74 Å². The number of nitrogens with one attached hydrogen (secondary N) is 1. The van der Waals surface area contributed by atoms with E-state index in [2.05, 4.69) is 68.6 Å². The second kappa shape index (κ2) is 14.9. The van der Waals surface area contributed by atoms with Crippen molar-refractivity contribution in [2.24, 2.45) is 0 Å². The molecule has 212 valence electrons. The molecule has 0 aliphatic heterocycles. The Bertz CT molecular complexity index is 1460. The maximum atomic E-state index is 13.6. The molecule has 0 aromatic heterocycles. The van der Waals surface area contributed by atoms with E-state index in [9.17, 15) is 9.59 Å². The van der Waals surface area contributed by atoms with Gasteiger partial charge in [0, 0.05) is 28.8 Å². The van der Waals surface area contributed by atoms with Crippen LogP contribution in [0.3, 0.4) is 0 Å². The summed E-state index contributed by atoms with van der Waals surface area (Å²) < 4.78 is 6.02. The molecule has 1 N–H and O–H groups in total. The van der Waals surface area contributed by atoms with Crippen LogP contribution >= 0.6 is 27.7 Å². The number of esters is 1. The highest BCUT2D eigenvalue weighted by atomic mass is 79.9. The number of thioether (sulfide) groups is 1. The van der Waals surface area contributed by atoms with Crippen LogP contribution in [0, 0.1) is 6.92 Å². The number of ether oxygens (including phenoxy) is 1. The smallest absolute Gasteiger partial charge is 0.328 e. The van der Waals surface area contributed by atoms with Crippen LogP contribution in [0.2, 0.25) is 0 Å². The molecule has 1 amide bonds. The number of aryl methyl sites for hydroxylation is 1. The summed E-state index contributed by atoms with van der Waals surface area (Å²) in [5.74, 6) is 0.00567. The number of carbonyl (C=O) groups excluding carboxylic acids is 2. The number of benzene rings is 4. The van der Waals surface area contributed by atoms with E-state index >= 15 is 0 Å². The van der Waals surface area contributed by atoms with Gasteiger partial charge in [0.25, 0.3) is 5.91 Å². The molecule has 0 unspecified atom stereocenters. The normalized spacial score (nSPS) is 11.5. The SMILES string of the molecule is COC(=O)[C@H](CCSC)NC(=O)c1ccc(CN(Cc2ccc(Br)cc2)c2ccccc2)cc1-c1ccccc1C. The molecule has 0 aliphatic carbocycles. The van der Waals surface area contributed by atoms with Gasteiger partial charge in [-0.15, -0.1) is 0 Å². The number of hydrogen-bond donors (Lipinski definition) is 1. The maximum absolute atomic E-state index is 13.6. The molecule has 4 aromatic rings. The highest BCUT2D eigenvalue weighted by Crippen LogP contribution is 2.30. The Morgan fingerprint density at radius 1 is 0.878 bits per heavy atom. The molecule has 5 nitrogen and oxygen atoms in total. The number of hydrogen-bond acceptors (Lipinski definition) is 5. The monoisotopic (exact) mass is 630 g/mol. The number of nitrogens with zero attached hydrogens (tertiary/aromatic N) is 1. The molecule has 0 bridgehead atoms. The minimum absolute atomic E-state index is 0.291. The summed E-state index contributed by atoms with van der Waals surface area (Å²) in [6.45, 7) is 3.43. The lowest BCUT2D eigenvalue weighted by Gasteiger charge is -2.26. The lowest BCUT2D eigenvalue weighted by atomic mass is 9.93. The minimum Gasteiger partial charge on any atom is -0.467 e. The fourth-order valence-corrected chi connectivity index (χ4v) is 5.49. The van der Waals surface area contributed by atoms with Crippen LogP contribution in [0.4, 0.5) is 5.69 Å². The third-order valence-electron chi connectivity index (χ3n) is 6.95. The Morgan fingerprint density at radius 3 is 2.22 bits per heavy atom. The molecule has 1 atom stereocenters. The first-order chi connectivity index (χ1) is 19.9. The van der Waals surface area contributed by atoms with Crippen molar-refractivity contribution < 1.29 is 14.3 Å². The van der Waals surface area contributed by atoms with E-state index in [1.54, 1.807) is 11.8 Å². The molecule has 0 aliphatic rings. The van der Waals surface area contributed by atoms with Gasteiger partial charge in [-0.1, -0.05) is 76.6 Å². The van der Waals surface area contributed by atoms with Crippen LogP contribution in [-0.4, -0.2) is 37.0 Å². The first kappa shape index (κ1) is 30.4. The van der Waals surface area contributed by atoms with Crippen LogP contribution in [0.1, 0.15) is 33.5 Å². The van der Waals surface area contributed by atoms with Crippen molar-refractivity contribution in [3.8, 4) is 11.1 Å². The number of halogens is 1. The van der Waals surface area contributed by atoms with E-state index in [0.29, 0.717) is 18.5 Å². The van der Waals surface area contributed by atoms with Gasteiger partial charge in [-0.05, 0) is 89.6 Å². The Kier molecular flexibility index (Phi) is 11.0. The van der Waals surface area contributed by atoms with Crippen molar-refractivity contribution in [3.05, 3.63) is 124 Å². The summed E-state index contributed by atoms with van der Waals surface area (Å²) in [4.78, 5) is 28.4. The fourth-order valence-electron chi connectivity index (χ4n) is 4.76. The van der Waals surface area contributed by atoms with Crippen molar-refractivity contribution in [1.82, 2.24) is 5.32 Å². The maximum Gasteiger partial charge on any atom is 0.328 e. The lowest BCUT2D eigenvalue weighted by Crippen LogP contribution is -2.42. The van der Waals surface area contributed by atoms with Gasteiger partial charge in [0.2, 0.25) is 0 Å². The number of methoxy groups -OCH3 is 1. The Hall–Kier alpha value is -3.55. The number of carbonyl (C=O) groups is 2. The molecule has 4 rings (SSSR count). The number of anilines is 1. The molecule has 4 aromatic carbocycles. The fraction of sp³-hybridized carbons (Fsp3) is 0.235. The van der Waals surface area contributed by atoms with Gasteiger partial charge >= 0.3 is 5.97 Å². The van der Waals surface area contributed by atoms with Crippen LogP contribution in [0.5, 0.6) is 0 Å². The number of amides is 1. The largest absolute Gasteiger partial charge is 0.467 e. The zero-order valence-electron chi connectivity index (χ0n) is 23.6. The van der Waals surface area contributed by atoms with Crippen LogP contribution in [0.25, 0.3) is 11.1 Å². The first-order valence-corrected chi connectivity index (χ1v) is 15.7. The van der Waals surface area contributed by atoms with Gasteiger partial charge in [-0.2, -0.15) is 11.8 Å². The topological polar surface area (TPSA) is 58.6 Å². The standard InChI is InChI=1S/C34H35BrN2O3S/c1-24-9-7-8-12-29(24)31-21-26(15-18-30(31)33(38)36-32(19-20-41-3)34(39)40-2)23-37(28-10-5-4-6-11-28)22-25-13-16-27(35)17-14-25/h4-18,21,32H,19-20,22-23H2,1-3H3,(H,36,38)/t32-/m0/s1. The lowest BCUT2D eigenvalue weighted by molar-refractivity contribution is -0.142. The molecular weight excluding hydrogens is 596 g/mol. The molecular formula is C34H35BrN2O3S. The second-order valence-corrected chi connectivity index (χ2v) is 11.7. The zero-order chi connectivity index (χ0) is 29.2. The van der Waals surface area contributed by atoms with E-state index in [1.807, 2.05) is 67.8 Å². The van der Waals surface area contributed by atoms with Crippen molar-refractivity contribution in [1.29, 1.82) is 0 Å². The zero-order valence-corrected chi connectivity index (χ0v) is 26.0. The predicted molar refractivity (Wildman–Crippen MR) is 173 cm³/mol. The minimum atomic E-state index is -0.705. The summed E-state index contributed by atoms with van der Waals surface area (Å²) in [5.41, 5.74) is 6.81. The molecule has 0 spiro atoms. The van der Waals surface area contributed by atoms with Crippen LogP contribution in [0.15, 0.2) is 102 Å². The average Bonchev–Trinajstić information content (AvgIpc) is 3.00. The highest BCUT2D eigenvalue weighted by molar-refractivity contribution is 9.10. The van der Waals surface area contributed by atoms with Gasteiger partial charge in [0.15, 0.2) is 0 Å². The molecule has 0 heterocycles. The van der Waals surface area contributed by atoms with Gasteiger partial charge < -0.3 is 15.0 Å². The third kappa shape index (κ3) is 8.24. The van der Waals surface area contributed by atoms with Crippen LogP contribution in [-0.2, 0) is 22.6 Å². The predicted octanol–water partition coefficient (Wildman–Crippen LogP) is 7.66. The van der Waals surface area contributed by atoms with Crippen molar-refractivity contribution in [2.45, 2.75) is 32.5 Å². The summed E-state index contributed by atoms with van der Waals surface area (Å²) >= 11 is 5.15. The molecule has 0 radical (unpaired) electrons. The average molecular weight is 632 g/mol. The summed E-state index contributed by atoms with van der Waals surface area (Å²) in [6, 6.07) is 32.0. The molecule has 7 heteroatoms. The third-order valence-corrected chi connectivity index (χ3v) is 8.12. The van der Waals surface area contributed by atoms with Crippen molar-refractivity contribution in [3.63, 3.8) is 0 Å². The number of rotatable bonds is 12. The van der Waals surface area contributed by atoms with Gasteiger partial charge in [-0.3, -0.25) is 4.79 Å². The van der Waals surface area contributed by atoms with Gasteiger partial charge in [-0.25, -0.2) is 4.79 Å². The molecule has 0 saturated carbocycles. The second-order valence-electron chi connectivity index (χ2n) is 9.84. The van der Waals surface area contributed by atoms with Gasteiger partial charge in [0.1, 0.15) is 6.04 Å². The molecule has 0 fully saturated rings. The van der Waals surface area contributed by atoms with E-state index in [1.165, 1.54) is 12.7 Å². The summed E-state index contributed by atoms with van der Waals surface area (Å²) in [7, 11) is 1.35. The van der Waals surface area contributed by atoms with Crippen LogP contribution < -0.4 is 10.2 Å². The quantitative estimate of drug-likeness (QED) is 0.163.